The van der Waals surface area contributed by atoms with Crippen LogP contribution in [-0.2, 0) is 12.8 Å². The predicted octanol–water partition coefficient (Wildman–Crippen LogP) is 2.03. The zero-order valence-corrected chi connectivity index (χ0v) is 12.5. The molecule has 5 nitrogen and oxygen atoms in total. The first-order valence-electron chi connectivity index (χ1n) is 7.30. The van der Waals surface area contributed by atoms with Gasteiger partial charge in [-0.1, -0.05) is 0 Å². The summed E-state index contributed by atoms with van der Waals surface area (Å²) < 4.78 is 0. The number of hydrogen-bond acceptors (Lipinski definition) is 6. The molecule has 21 heavy (non-hydrogen) atoms. The molecule has 2 aromatic heterocycles. The van der Waals surface area contributed by atoms with Gasteiger partial charge >= 0.3 is 0 Å². The lowest BCUT2D eigenvalue weighted by atomic mass is 9.90. The Labute approximate surface area is 126 Å². The van der Waals surface area contributed by atoms with Crippen molar-refractivity contribution >= 4 is 27.4 Å². The van der Waals surface area contributed by atoms with E-state index in [0.717, 1.165) is 23.5 Å². The summed E-state index contributed by atoms with van der Waals surface area (Å²) in [5, 5.41) is 20.1. The van der Waals surface area contributed by atoms with Gasteiger partial charge < -0.3 is 10.0 Å². The van der Waals surface area contributed by atoms with E-state index >= 15 is 0 Å². The van der Waals surface area contributed by atoms with Gasteiger partial charge in [0.05, 0.1) is 31.0 Å². The first-order chi connectivity index (χ1) is 10.2. The quantitative estimate of drug-likeness (QED) is 0.918. The molecule has 0 spiro atoms. The first-order valence-corrected chi connectivity index (χ1v) is 8.11. The second-order valence-electron chi connectivity index (χ2n) is 6.00. The second-order valence-corrected chi connectivity index (χ2v) is 7.09. The molecule has 1 N–H and O–H groups in total. The van der Waals surface area contributed by atoms with Gasteiger partial charge in [0, 0.05) is 4.88 Å². The Balaban J connectivity index is 1.74. The van der Waals surface area contributed by atoms with Gasteiger partial charge in [0.1, 0.15) is 22.6 Å². The number of aromatic nitrogens is 2. The molecule has 1 aliphatic heterocycles. The largest absolute Gasteiger partial charge is 0.385 e. The number of nitriles is 1. The fourth-order valence-corrected chi connectivity index (χ4v) is 4.61. The molecule has 0 aromatic carbocycles. The number of aliphatic hydroxyl groups is 1. The normalized spacial score (nSPS) is 19.9. The molecule has 2 aromatic rings. The standard InChI is InChI=1S/C15H16N4OS/c16-6-5-15(20)7-19(8-15)13-12-10-3-1-2-4-11(10)21-14(12)18-9-17-13/h9,20H,1-5,7-8H2. The van der Waals surface area contributed by atoms with Gasteiger partial charge in [0.25, 0.3) is 0 Å². The highest BCUT2D eigenvalue weighted by Gasteiger charge is 2.42. The van der Waals surface area contributed by atoms with Gasteiger partial charge in [-0.05, 0) is 31.2 Å². The van der Waals surface area contributed by atoms with Gasteiger partial charge in [-0.25, -0.2) is 9.97 Å². The smallest absolute Gasteiger partial charge is 0.141 e. The molecule has 0 amide bonds. The van der Waals surface area contributed by atoms with Crippen LogP contribution in [0.4, 0.5) is 5.82 Å². The summed E-state index contributed by atoms with van der Waals surface area (Å²) >= 11 is 1.78. The van der Waals surface area contributed by atoms with Crippen LogP contribution in [-0.4, -0.2) is 33.8 Å². The van der Waals surface area contributed by atoms with E-state index in [9.17, 15) is 5.11 Å². The highest BCUT2D eigenvalue weighted by atomic mass is 32.1. The number of anilines is 1. The molecule has 2 aliphatic rings. The number of aryl methyl sites for hydroxylation is 2. The van der Waals surface area contributed by atoms with E-state index in [0.29, 0.717) is 13.1 Å². The van der Waals surface area contributed by atoms with Crippen LogP contribution in [0.3, 0.4) is 0 Å². The Bertz CT molecular complexity index is 742. The average Bonchev–Trinajstić information content (AvgIpc) is 2.83. The molecule has 3 heterocycles. The molecule has 0 radical (unpaired) electrons. The summed E-state index contributed by atoms with van der Waals surface area (Å²) in [6.07, 6.45) is 6.53. The maximum Gasteiger partial charge on any atom is 0.141 e. The van der Waals surface area contributed by atoms with Crippen LogP contribution in [0.15, 0.2) is 6.33 Å². The fourth-order valence-electron chi connectivity index (χ4n) is 3.39. The van der Waals surface area contributed by atoms with Crippen molar-refractivity contribution in [2.75, 3.05) is 18.0 Å². The summed E-state index contributed by atoms with van der Waals surface area (Å²) in [6.45, 7) is 0.967. The lowest BCUT2D eigenvalue weighted by Gasteiger charge is -2.46. The molecule has 108 valence electrons. The number of nitrogens with zero attached hydrogens (tertiary/aromatic N) is 4. The molecule has 1 fully saturated rings. The van der Waals surface area contributed by atoms with Crippen LogP contribution in [0, 0.1) is 11.3 Å². The van der Waals surface area contributed by atoms with E-state index in [-0.39, 0.29) is 6.42 Å². The molecule has 0 bridgehead atoms. The zero-order valence-electron chi connectivity index (χ0n) is 11.7. The van der Waals surface area contributed by atoms with E-state index in [1.165, 1.54) is 28.7 Å². The lowest BCUT2D eigenvalue weighted by Crippen LogP contribution is -2.62. The first kappa shape index (κ1) is 13.0. The second kappa shape index (κ2) is 4.65. The SMILES string of the molecule is N#CCC1(O)CN(c2ncnc3sc4c(c23)CCCC4)C1. The van der Waals surface area contributed by atoms with E-state index < -0.39 is 5.60 Å². The van der Waals surface area contributed by atoms with Crippen molar-refractivity contribution in [3.8, 4) is 6.07 Å². The minimum Gasteiger partial charge on any atom is -0.385 e. The summed E-state index contributed by atoms with van der Waals surface area (Å²) in [4.78, 5) is 13.5. The summed E-state index contributed by atoms with van der Waals surface area (Å²) in [5.41, 5.74) is 0.537. The summed E-state index contributed by atoms with van der Waals surface area (Å²) in [7, 11) is 0. The highest BCUT2D eigenvalue weighted by molar-refractivity contribution is 7.19. The molecule has 1 aliphatic carbocycles. The average molecular weight is 300 g/mol. The van der Waals surface area contributed by atoms with Gasteiger partial charge in [-0.15, -0.1) is 11.3 Å². The van der Waals surface area contributed by atoms with Crippen molar-refractivity contribution < 1.29 is 5.11 Å². The van der Waals surface area contributed by atoms with E-state index in [2.05, 4.69) is 20.9 Å². The van der Waals surface area contributed by atoms with Crippen LogP contribution in [0.5, 0.6) is 0 Å². The van der Waals surface area contributed by atoms with Gasteiger partial charge in [-0.2, -0.15) is 5.26 Å². The number of fused-ring (bicyclic) bond motifs is 3. The maximum atomic E-state index is 10.2. The Morgan fingerprint density at radius 2 is 2.14 bits per heavy atom. The van der Waals surface area contributed by atoms with Crippen molar-refractivity contribution in [3.63, 3.8) is 0 Å². The lowest BCUT2D eigenvalue weighted by molar-refractivity contribution is 0.0164. The fraction of sp³-hybridized carbons (Fsp3) is 0.533. The van der Waals surface area contributed by atoms with Crippen molar-refractivity contribution in [1.29, 1.82) is 5.26 Å². The third-order valence-corrected chi connectivity index (χ3v) is 5.61. The Kier molecular flexibility index (Phi) is 2.88. The number of β-amino-alcohol motifs (C(OH)–C–C–N with tert-alkyl or cyclic N) is 1. The highest BCUT2D eigenvalue weighted by Crippen LogP contribution is 2.41. The Morgan fingerprint density at radius 1 is 1.33 bits per heavy atom. The number of thiophene rings is 1. The third-order valence-electron chi connectivity index (χ3n) is 4.41. The van der Waals surface area contributed by atoms with Crippen LogP contribution in [0.25, 0.3) is 10.2 Å². The van der Waals surface area contributed by atoms with Crippen molar-refractivity contribution in [1.82, 2.24) is 9.97 Å². The molecule has 0 unspecified atom stereocenters. The van der Waals surface area contributed by atoms with Crippen LogP contribution >= 0.6 is 11.3 Å². The maximum absolute atomic E-state index is 10.2. The zero-order chi connectivity index (χ0) is 14.4. The molecule has 4 rings (SSSR count). The van der Waals surface area contributed by atoms with E-state index in [1.54, 1.807) is 17.7 Å². The minimum atomic E-state index is -0.873. The van der Waals surface area contributed by atoms with Gasteiger partial charge in [0.15, 0.2) is 0 Å². The molecule has 0 atom stereocenters. The summed E-state index contributed by atoms with van der Waals surface area (Å²) in [5.74, 6) is 0.932. The number of hydrogen-bond donors (Lipinski definition) is 1. The van der Waals surface area contributed by atoms with Crippen LogP contribution in [0.2, 0.25) is 0 Å². The monoisotopic (exact) mass is 300 g/mol. The predicted molar refractivity (Wildman–Crippen MR) is 81.4 cm³/mol. The Hall–Kier alpha value is -1.71. The van der Waals surface area contributed by atoms with E-state index in [4.69, 9.17) is 5.26 Å². The van der Waals surface area contributed by atoms with E-state index in [1.807, 2.05) is 0 Å². The molecular weight excluding hydrogens is 284 g/mol. The molecule has 0 saturated carbocycles. The van der Waals surface area contributed by atoms with Crippen LogP contribution in [0.1, 0.15) is 29.7 Å². The molecule has 6 heteroatoms. The Morgan fingerprint density at radius 3 is 2.95 bits per heavy atom. The third kappa shape index (κ3) is 2.00. The summed E-state index contributed by atoms with van der Waals surface area (Å²) in [6, 6.07) is 2.06. The topological polar surface area (TPSA) is 73.0 Å². The van der Waals surface area contributed by atoms with Crippen molar-refractivity contribution in [3.05, 3.63) is 16.8 Å². The van der Waals surface area contributed by atoms with Crippen molar-refractivity contribution in [2.24, 2.45) is 0 Å². The van der Waals surface area contributed by atoms with Crippen LogP contribution < -0.4 is 4.90 Å². The minimum absolute atomic E-state index is 0.180. The molecule has 1 saturated heterocycles. The van der Waals surface area contributed by atoms with Gasteiger partial charge in [-0.3, -0.25) is 0 Å². The number of rotatable bonds is 2. The van der Waals surface area contributed by atoms with Gasteiger partial charge in [0.2, 0.25) is 0 Å². The van der Waals surface area contributed by atoms with Crippen molar-refractivity contribution in [2.45, 2.75) is 37.7 Å². The molecular formula is C15H16N4OS.